The molecule has 0 aliphatic rings. The first kappa shape index (κ1) is 26.2. The second-order valence-corrected chi connectivity index (χ2v) is 8.22. The fourth-order valence-corrected chi connectivity index (χ4v) is 3.62. The summed E-state index contributed by atoms with van der Waals surface area (Å²) in [6.45, 7) is 4.52. The molecule has 0 aliphatic carbocycles. The van der Waals surface area contributed by atoms with Crippen molar-refractivity contribution in [1.82, 2.24) is 5.32 Å². The highest BCUT2D eigenvalue weighted by Crippen LogP contribution is 2.25. The van der Waals surface area contributed by atoms with E-state index in [2.05, 4.69) is 5.32 Å². The number of alkyl carbamates (subject to hydrolysis) is 1. The van der Waals surface area contributed by atoms with Gasteiger partial charge in [-0.15, -0.1) is 0 Å². The number of nitrogens with zero attached hydrogens (tertiary/aromatic N) is 1. The smallest absolute Gasteiger partial charge is 0.407 e. The van der Waals surface area contributed by atoms with Crippen molar-refractivity contribution >= 4 is 17.7 Å². The number of carbonyl (C=O) groups excluding carboxylic acids is 2. The van der Waals surface area contributed by atoms with Gasteiger partial charge in [0, 0.05) is 18.8 Å². The molecule has 8 heteroatoms. The van der Waals surface area contributed by atoms with Crippen LogP contribution in [0.2, 0.25) is 0 Å². The summed E-state index contributed by atoms with van der Waals surface area (Å²) >= 11 is 0. The summed E-state index contributed by atoms with van der Waals surface area (Å²) in [7, 11) is 1.31. The quantitative estimate of drug-likeness (QED) is 0.420. The fourth-order valence-electron chi connectivity index (χ4n) is 3.62. The highest BCUT2D eigenvalue weighted by atomic mass is 16.5. The van der Waals surface area contributed by atoms with E-state index in [-0.39, 0.29) is 26.2 Å². The molecule has 0 radical (unpaired) electrons. The van der Waals surface area contributed by atoms with Gasteiger partial charge in [-0.1, -0.05) is 36.4 Å². The predicted molar refractivity (Wildman–Crippen MR) is 126 cm³/mol. The van der Waals surface area contributed by atoms with Gasteiger partial charge in [0.1, 0.15) is 6.61 Å². The molecule has 33 heavy (non-hydrogen) atoms. The second-order valence-electron chi connectivity index (χ2n) is 8.22. The molecule has 0 saturated heterocycles. The second kappa shape index (κ2) is 12.8. The molecule has 0 unspecified atom stereocenters. The van der Waals surface area contributed by atoms with Crippen LogP contribution < -0.4 is 10.2 Å². The van der Waals surface area contributed by atoms with Crippen LogP contribution in [0.25, 0.3) is 0 Å². The number of methoxy groups -OCH3 is 1. The normalized spacial score (nSPS) is 12.5. The molecule has 0 heterocycles. The molecular formula is C25H34N2O6. The van der Waals surface area contributed by atoms with E-state index in [9.17, 15) is 19.8 Å². The highest BCUT2D eigenvalue weighted by molar-refractivity contribution is 5.74. The number of aryl methyl sites for hydroxylation is 1. The first-order valence-electron chi connectivity index (χ1n) is 10.9. The third-order valence-electron chi connectivity index (χ3n) is 5.40. The minimum Gasteiger partial charge on any atom is -0.469 e. The number of ether oxygens (including phenoxy) is 2. The predicted octanol–water partition coefficient (Wildman–Crippen LogP) is 2.58. The molecule has 3 N–H and O–H groups in total. The van der Waals surface area contributed by atoms with Crippen LogP contribution in [0.3, 0.4) is 0 Å². The Morgan fingerprint density at radius 2 is 1.73 bits per heavy atom. The van der Waals surface area contributed by atoms with Gasteiger partial charge in [-0.2, -0.15) is 0 Å². The van der Waals surface area contributed by atoms with Crippen LogP contribution in [0.5, 0.6) is 0 Å². The average molecular weight is 459 g/mol. The van der Waals surface area contributed by atoms with Crippen molar-refractivity contribution in [2.45, 2.75) is 38.8 Å². The van der Waals surface area contributed by atoms with Crippen molar-refractivity contribution < 1.29 is 29.3 Å². The fraction of sp³-hybridized carbons (Fsp3) is 0.440. The van der Waals surface area contributed by atoms with Crippen LogP contribution >= 0.6 is 0 Å². The third kappa shape index (κ3) is 8.40. The molecule has 0 fully saturated rings. The summed E-state index contributed by atoms with van der Waals surface area (Å²) in [6, 6.07) is 15.2. The van der Waals surface area contributed by atoms with E-state index in [0.717, 1.165) is 22.4 Å². The number of rotatable bonds is 12. The number of hydrogen-bond acceptors (Lipinski definition) is 7. The zero-order valence-corrected chi connectivity index (χ0v) is 19.5. The summed E-state index contributed by atoms with van der Waals surface area (Å²) in [5.41, 5.74) is 2.65. The summed E-state index contributed by atoms with van der Waals surface area (Å²) in [5, 5.41) is 21.6. The van der Waals surface area contributed by atoms with Gasteiger partial charge in [0.2, 0.25) is 0 Å². The molecule has 0 spiro atoms. The third-order valence-corrected chi connectivity index (χ3v) is 5.40. The van der Waals surface area contributed by atoms with E-state index in [0.29, 0.717) is 19.5 Å². The molecule has 180 valence electrons. The van der Waals surface area contributed by atoms with E-state index in [4.69, 9.17) is 9.47 Å². The molecule has 2 aromatic rings. The van der Waals surface area contributed by atoms with Crippen molar-refractivity contribution in [2.75, 3.05) is 38.3 Å². The number of aliphatic hydroxyl groups is 2. The lowest BCUT2D eigenvalue weighted by Gasteiger charge is -2.31. The van der Waals surface area contributed by atoms with Gasteiger partial charge >= 0.3 is 12.1 Å². The van der Waals surface area contributed by atoms with Crippen LogP contribution in [-0.4, -0.2) is 61.2 Å². The maximum atomic E-state index is 12.6. The first-order valence-corrected chi connectivity index (χ1v) is 10.9. The zero-order chi connectivity index (χ0) is 24.3. The summed E-state index contributed by atoms with van der Waals surface area (Å²) in [6.07, 6.45) is -0.305. The first-order chi connectivity index (χ1) is 15.8. The molecule has 1 amide bonds. The van der Waals surface area contributed by atoms with Gasteiger partial charge in [-0.3, -0.25) is 4.79 Å². The maximum Gasteiger partial charge on any atom is 0.407 e. The number of nitrogens with one attached hydrogen (secondary N) is 1. The number of carbonyl (C=O) groups is 2. The van der Waals surface area contributed by atoms with Gasteiger partial charge < -0.3 is 29.9 Å². The van der Waals surface area contributed by atoms with Crippen LogP contribution in [0.4, 0.5) is 10.5 Å². The van der Waals surface area contributed by atoms with Crippen LogP contribution in [0, 0.1) is 6.92 Å². The summed E-state index contributed by atoms with van der Waals surface area (Å²) in [4.78, 5) is 26.6. The Balaban J connectivity index is 2.21. The van der Waals surface area contributed by atoms with Gasteiger partial charge in [0.05, 0.1) is 32.3 Å². The minimum absolute atomic E-state index is 0.0371. The molecule has 1 atom stereocenters. The Morgan fingerprint density at radius 3 is 2.33 bits per heavy atom. The molecule has 8 nitrogen and oxygen atoms in total. The molecular weight excluding hydrogens is 424 g/mol. The lowest BCUT2D eigenvalue weighted by atomic mass is 9.87. The number of anilines is 1. The Hall–Kier alpha value is -3.10. The van der Waals surface area contributed by atoms with Gasteiger partial charge in [-0.25, -0.2) is 4.79 Å². The van der Waals surface area contributed by atoms with E-state index >= 15 is 0 Å². The number of hydrogen-bond donors (Lipinski definition) is 3. The van der Waals surface area contributed by atoms with Crippen LogP contribution in [0.15, 0.2) is 48.5 Å². The van der Waals surface area contributed by atoms with Gasteiger partial charge in [-0.05, 0) is 49.1 Å². The largest absolute Gasteiger partial charge is 0.469 e. The van der Waals surface area contributed by atoms with Crippen molar-refractivity contribution in [3.8, 4) is 0 Å². The maximum absolute atomic E-state index is 12.6. The standard InChI is InChI=1S/C25H34N2O6/c1-19-9-10-22(27(11-13-28)12-14-29)15-21(19)16-25(2,17-23(30)32-3)26-24(31)33-18-20-7-5-4-6-8-20/h4-10,15,28-29H,11-14,16-18H2,1-3H3,(H,26,31)/t25-/m0/s1. The van der Waals surface area contributed by atoms with E-state index < -0.39 is 17.6 Å². The van der Waals surface area contributed by atoms with Crippen molar-refractivity contribution in [3.63, 3.8) is 0 Å². The topological polar surface area (TPSA) is 108 Å². The number of esters is 1. The van der Waals surface area contributed by atoms with Crippen molar-refractivity contribution in [1.29, 1.82) is 0 Å². The van der Waals surface area contributed by atoms with E-state index in [1.807, 2.05) is 60.4 Å². The van der Waals surface area contributed by atoms with Gasteiger partial charge in [0.25, 0.3) is 0 Å². The van der Waals surface area contributed by atoms with E-state index in [1.54, 1.807) is 6.92 Å². The monoisotopic (exact) mass is 458 g/mol. The number of amides is 1. The molecule has 2 rings (SSSR count). The van der Waals surface area contributed by atoms with Crippen molar-refractivity contribution in [2.24, 2.45) is 0 Å². The van der Waals surface area contributed by atoms with E-state index in [1.165, 1.54) is 7.11 Å². The molecule has 0 aliphatic heterocycles. The Morgan fingerprint density at radius 1 is 1.06 bits per heavy atom. The van der Waals surface area contributed by atoms with Crippen LogP contribution in [-0.2, 0) is 27.3 Å². The number of benzene rings is 2. The van der Waals surface area contributed by atoms with Crippen molar-refractivity contribution in [3.05, 3.63) is 65.2 Å². The molecule has 0 saturated carbocycles. The minimum atomic E-state index is -0.955. The SMILES string of the molecule is COC(=O)C[C@](C)(Cc1cc(N(CCO)CCO)ccc1C)NC(=O)OCc1ccccc1. The zero-order valence-electron chi connectivity index (χ0n) is 19.5. The Labute approximate surface area is 195 Å². The average Bonchev–Trinajstić information content (AvgIpc) is 2.79. The highest BCUT2D eigenvalue weighted by Gasteiger charge is 2.32. The molecule has 0 bridgehead atoms. The Kier molecular flexibility index (Phi) is 10.2. The lowest BCUT2D eigenvalue weighted by Crippen LogP contribution is -2.49. The Bertz CT molecular complexity index is 899. The lowest BCUT2D eigenvalue weighted by molar-refractivity contribution is -0.142. The number of aliphatic hydroxyl groups excluding tert-OH is 2. The molecule has 0 aromatic heterocycles. The summed E-state index contributed by atoms with van der Waals surface area (Å²) < 4.78 is 10.2. The summed E-state index contributed by atoms with van der Waals surface area (Å²) in [5.74, 6) is -0.447. The molecule has 2 aromatic carbocycles. The van der Waals surface area contributed by atoms with Gasteiger partial charge in [0.15, 0.2) is 0 Å². The van der Waals surface area contributed by atoms with Crippen LogP contribution in [0.1, 0.15) is 30.0 Å².